The molecular weight excluding hydrogens is 264 g/mol. The zero-order valence-corrected chi connectivity index (χ0v) is 13.3. The van der Waals surface area contributed by atoms with Gasteiger partial charge >= 0.3 is 5.97 Å². The number of rotatable bonds is 5. The maximum absolute atomic E-state index is 10.9. The molecule has 1 N–H and O–H groups in total. The van der Waals surface area contributed by atoms with Crippen LogP contribution in [0.1, 0.15) is 32.8 Å². The maximum Gasteiger partial charge on any atom is 0.304 e. The number of carboxylic acid groups (broad SMARTS) is 1. The van der Waals surface area contributed by atoms with E-state index in [2.05, 4.69) is 48.6 Å². The lowest BCUT2D eigenvalue weighted by molar-refractivity contribution is -0.137. The van der Waals surface area contributed by atoms with Gasteiger partial charge in [-0.2, -0.15) is 0 Å². The standard InChI is InChI=1S/C17H24N2O2/c1-17(2,3)19(10-9-16(20)21)12-13-11-18(4)15-8-6-5-7-14(13)15/h5-8,11H,9-10,12H2,1-4H3,(H,20,21). The molecule has 1 heterocycles. The quantitative estimate of drug-likeness (QED) is 0.918. The molecule has 21 heavy (non-hydrogen) atoms. The Morgan fingerprint density at radius 2 is 1.95 bits per heavy atom. The molecule has 0 bridgehead atoms. The average Bonchev–Trinajstić information content (AvgIpc) is 2.70. The van der Waals surface area contributed by atoms with Crippen molar-refractivity contribution in [2.75, 3.05) is 6.54 Å². The highest BCUT2D eigenvalue weighted by Crippen LogP contribution is 2.25. The lowest BCUT2D eigenvalue weighted by Gasteiger charge is -2.35. The lowest BCUT2D eigenvalue weighted by Crippen LogP contribution is -2.41. The van der Waals surface area contributed by atoms with E-state index < -0.39 is 5.97 Å². The minimum atomic E-state index is -0.748. The van der Waals surface area contributed by atoms with Gasteiger partial charge in [0, 0.05) is 42.8 Å². The van der Waals surface area contributed by atoms with Crippen LogP contribution in [0.15, 0.2) is 30.5 Å². The van der Waals surface area contributed by atoms with Gasteiger partial charge in [-0.25, -0.2) is 0 Å². The highest BCUT2D eigenvalue weighted by molar-refractivity contribution is 5.83. The smallest absolute Gasteiger partial charge is 0.304 e. The van der Waals surface area contributed by atoms with Crippen LogP contribution in [0.2, 0.25) is 0 Å². The van der Waals surface area contributed by atoms with E-state index in [9.17, 15) is 4.79 Å². The summed E-state index contributed by atoms with van der Waals surface area (Å²) in [6.07, 6.45) is 2.31. The van der Waals surface area contributed by atoms with Crippen molar-refractivity contribution in [3.63, 3.8) is 0 Å². The van der Waals surface area contributed by atoms with Gasteiger partial charge in [0.25, 0.3) is 0 Å². The summed E-state index contributed by atoms with van der Waals surface area (Å²) in [6.45, 7) is 7.69. The van der Waals surface area contributed by atoms with Crippen LogP contribution < -0.4 is 0 Å². The van der Waals surface area contributed by atoms with Crippen molar-refractivity contribution in [3.05, 3.63) is 36.0 Å². The lowest BCUT2D eigenvalue weighted by atomic mass is 10.0. The second-order valence-corrected chi connectivity index (χ2v) is 6.52. The number of carbonyl (C=O) groups is 1. The summed E-state index contributed by atoms with van der Waals surface area (Å²) >= 11 is 0. The Kier molecular flexibility index (Phi) is 4.37. The molecule has 4 nitrogen and oxygen atoms in total. The molecule has 0 spiro atoms. The van der Waals surface area contributed by atoms with E-state index in [1.165, 1.54) is 16.5 Å². The van der Waals surface area contributed by atoms with Crippen LogP contribution in [0.5, 0.6) is 0 Å². The molecule has 0 aliphatic rings. The highest BCUT2D eigenvalue weighted by atomic mass is 16.4. The number of hydrogen-bond donors (Lipinski definition) is 1. The molecular formula is C17H24N2O2. The summed E-state index contributed by atoms with van der Waals surface area (Å²) in [5.41, 5.74) is 2.39. The first-order valence-electron chi connectivity index (χ1n) is 7.29. The molecule has 0 saturated heterocycles. The Balaban J connectivity index is 2.28. The van der Waals surface area contributed by atoms with Crippen molar-refractivity contribution in [3.8, 4) is 0 Å². The number of fused-ring (bicyclic) bond motifs is 1. The minimum Gasteiger partial charge on any atom is -0.481 e. The summed E-state index contributed by atoms with van der Waals surface area (Å²) < 4.78 is 2.13. The Hall–Kier alpha value is -1.81. The molecule has 0 saturated carbocycles. The number of aryl methyl sites for hydroxylation is 1. The van der Waals surface area contributed by atoms with Gasteiger partial charge < -0.3 is 9.67 Å². The fraction of sp³-hybridized carbons (Fsp3) is 0.471. The number of benzene rings is 1. The first-order chi connectivity index (χ1) is 9.79. The summed E-state index contributed by atoms with van der Waals surface area (Å²) in [6, 6.07) is 8.32. The monoisotopic (exact) mass is 288 g/mol. The molecule has 0 aliphatic heterocycles. The number of aromatic nitrogens is 1. The van der Waals surface area contributed by atoms with E-state index >= 15 is 0 Å². The van der Waals surface area contributed by atoms with Crippen LogP contribution in [0.25, 0.3) is 10.9 Å². The van der Waals surface area contributed by atoms with Crippen molar-refractivity contribution in [2.45, 2.75) is 39.3 Å². The fourth-order valence-electron chi connectivity index (χ4n) is 2.64. The SMILES string of the molecule is Cn1cc(CN(CCC(=O)O)C(C)(C)C)c2ccccc21. The van der Waals surface area contributed by atoms with Crippen molar-refractivity contribution in [1.29, 1.82) is 0 Å². The van der Waals surface area contributed by atoms with Gasteiger partial charge in [-0.1, -0.05) is 18.2 Å². The summed E-state index contributed by atoms with van der Waals surface area (Å²) in [5.74, 6) is -0.748. The molecule has 1 aromatic heterocycles. The highest BCUT2D eigenvalue weighted by Gasteiger charge is 2.23. The third-order valence-corrected chi connectivity index (χ3v) is 3.88. The first kappa shape index (κ1) is 15.6. The Morgan fingerprint density at radius 3 is 2.57 bits per heavy atom. The Morgan fingerprint density at radius 1 is 1.29 bits per heavy atom. The zero-order valence-electron chi connectivity index (χ0n) is 13.3. The van der Waals surface area contributed by atoms with E-state index in [1.54, 1.807) is 0 Å². The molecule has 0 radical (unpaired) electrons. The Bertz CT molecular complexity index is 638. The third-order valence-electron chi connectivity index (χ3n) is 3.88. The van der Waals surface area contributed by atoms with E-state index in [-0.39, 0.29) is 12.0 Å². The molecule has 114 valence electrons. The number of para-hydroxylation sites is 1. The van der Waals surface area contributed by atoms with Crippen molar-refractivity contribution >= 4 is 16.9 Å². The first-order valence-corrected chi connectivity index (χ1v) is 7.29. The summed E-state index contributed by atoms with van der Waals surface area (Å²) in [4.78, 5) is 13.1. The van der Waals surface area contributed by atoms with Gasteiger partial charge in [-0.15, -0.1) is 0 Å². The van der Waals surface area contributed by atoms with E-state index in [0.29, 0.717) is 6.54 Å². The number of aliphatic carboxylic acids is 1. The van der Waals surface area contributed by atoms with Gasteiger partial charge in [-0.3, -0.25) is 9.69 Å². The van der Waals surface area contributed by atoms with E-state index in [4.69, 9.17) is 5.11 Å². The second-order valence-electron chi connectivity index (χ2n) is 6.52. The number of hydrogen-bond acceptors (Lipinski definition) is 2. The van der Waals surface area contributed by atoms with Gasteiger partial charge in [-0.05, 0) is 32.4 Å². The van der Waals surface area contributed by atoms with E-state index in [0.717, 1.165) is 6.54 Å². The molecule has 2 rings (SSSR count). The zero-order chi connectivity index (χ0) is 15.6. The van der Waals surface area contributed by atoms with Crippen LogP contribution in [0.4, 0.5) is 0 Å². The predicted molar refractivity (Wildman–Crippen MR) is 85.3 cm³/mol. The van der Waals surface area contributed by atoms with Gasteiger partial charge in [0.2, 0.25) is 0 Å². The molecule has 2 aromatic rings. The molecule has 0 aliphatic carbocycles. The normalized spacial score (nSPS) is 12.2. The Labute approximate surface area is 126 Å². The molecule has 4 heteroatoms. The average molecular weight is 288 g/mol. The number of nitrogens with zero attached hydrogens (tertiary/aromatic N) is 2. The molecule has 0 atom stereocenters. The second kappa shape index (κ2) is 5.90. The van der Waals surface area contributed by atoms with Crippen LogP contribution in [-0.2, 0) is 18.4 Å². The molecule has 1 aromatic carbocycles. The molecule has 0 amide bonds. The minimum absolute atomic E-state index is 0.0631. The van der Waals surface area contributed by atoms with Crippen molar-refractivity contribution in [2.24, 2.45) is 7.05 Å². The van der Waals surface area contributed by atoms with Gasteiger partial charge in [0.1, 0.15) is 0 Å². The fourth-order valence-corrected chi connectivity index (χ4v) is 2.64. The number of carboxylic acids is 1. The third kappa shape index (κ3) is 3.64. The molecule has 0 fully saturated rings. The van der Waals surface area contributed by atoms with Gasteiger partial charge in [0.05, 0.1) is 6.42 Å². The van der Waals surface area contributed by atoms with E-state index in [1.807, 2.05) is 19.2 Å². The van der Waals surface area contributed by atoms with Crippen molar-refractivity contribution in [1.82, 2.24) is 9.47 Å². The van der Waals surface area contributed by atoms with Crippen LogP contribution in [0.3, 0.4) is 0 Å². The maximum atomic E-state index is 10.9. The van der Waals surface area contributed by atoms with Gasteiger partial charge in [0.15, 0.2) is 0 Å². The van der Waals surface area contributed by atoms with Crippen LogP contribution in [0, 0.1) is 0 Å². The molecule has 0 unspecified atom stereocenters. The topological polar surface area (TPSA) is 45.5 Å². The van der Waals surface area contributed by atoms with Crippen molar-refractivity contribution < 1.29 is 9.90 Å². The van der Waals surface area contributed by atoms with Crippen LogP contribution in [-0.4, -0.2) is 32.6 Å². The predicted octanol–water partition coefficient (Wildman–Crippen LogP) is 3.25. The summed E-state index contributed by atoms with van der Waals surface area (Å²) in [5, 5.41) is 10.2. The summed E-state index contributed by atoms with van der Waals surface area (Å²) in [7, 11) is 2.05. The van der Waals surface area contributed by atoms with Crippen LogP contribution >= 0.6 is 0 Å². The largest absolute Gasteiger partial charge is 0.481 e.